The molecule has 128 valence electrons. The average Bonchev–Trinajstić information content (AvgIpc) is 3.14. The van der Waals surface area contributed by atoms with E-state index < -0.39 is 0 Å². The van der Waals surface area contributed by atoms with Gasteiger partial charge in [0, 0.05) is 7.05 Å². The molecule has 2 aromatic heterocycles. The molecule has 0 saturated carbocycles. The molecule has 2 heterocycles. The van der Waals surface area contributed by atoms with Crippen LogP contribution in [0, 0.1) is 0 Å². The van der Waals surface area contributed by atoms with Gasteiger partial charge in [-0.3, -0.25) is 4.79 Å². The summed E-state index contributed by atoms with van der Waals surface area (Å²) in [5.74, 6) is 0.431. The zero-order valence-corrected chi connectivity index (χ0v) is 14.8. The summed E-state index contributed by atoms with van der Waals surface area (Å²) < 4.78 is 5.70. The first kappa shape index (κ1) is 16.0. The van der Waals surface area contributed by atoms with Crippen molar-refractivity contribution >= 4 is 27.5 Å². The summed E-state index contributed by atoms with van der Waals surface area (Å²) in [7, 11) is 1.86. The Morgan fingerprint density at radius 3 is 3.12 bits per heavy atom. The zero-order chi connectivity index (χ0) is 17.2. The molecule has 1 unspecified atom stereocenters. The number of benzene rings is 1. The first-order chi connectivity index (χ1) is 12.2. The molecule has 0 bridgehead atoms. The van der Waals surface area contributed by atoms with Crippen LogP contribution in [-0.2, 0) is 11.2 Å². The Hall–Kier alpha value is -2.47. The van der Waals surface area contributed by atoms with Crippen LogP contribution in [-0.4, -0.2) is 34.4 Å². The highest BCUT2D eigenvalue weighted by molar-refractivity contribution is 7.16. The molecule has 3 aromatic rings. The summed E-state index contributed by atoms with van der Waals surface area (Å²) in [5, 5.41) is 2.80. The Bertz CT molecular complexity index is 908. The number of likely N-dealkylation sites (N-methyl/N-ethyl adjacent to an activating group) is 1. The van der Waals surface area contributed by atoms with Crippen molar-refractivity contribution in [2.45, 2.75) is 25.3 Å². The second kappa shape index (κ2) is 6.80. The van der Waals surface area contributed by atoms with Crippen molar-refractivity contribution in [1.29, 1.82) is 0 Å². The van der Waals surface area contributed by atoms with Gasteiger partial charge in [0.25, 0.3) is 5.91 Å². The number of carbonyl (C=O) groups is 1. The zero-order valence-electron chi connectivity index (χ0n) is 14.0. The highest BCUT2D eigenvalue weighted by atomic mass is 32.1. The minimum Gasteiger partial charge on any atom is -0.467 e. The molecule has 0 N–H and O–H groups in total. The van der Waals surface area contributed by atoms with Crippen molar-refractivity contribution in [3.05, 3.63) is 53.2 Å². The van der Waals surface area contributed by atoms with Gasteiger partial charge in [-0.05, 0) is 41.8 Å². The molecule has 0 spiro atoms. The van der Waals surface area contributed by atoms with Gasteiger partial charge in [0.2, 0.25) is 5.88 Å². The molecule has 4 rings (SSSR count). The lowest BCUT2D eigenvalue weighted by Crippen LogP contribution is -2.36. The van der Waals surface area contributed by atoms with Crippen LogP contribution in [0.2, 0.25) is 0 Å². The predicted molar refractivity (Wildman–Crippen MR) is 97.8 cm³/mol. The van der Waals surface area contributed by atoms with E-state index in [0.29, 0.717) is 5.88 Å². The Kier molecular flexibility index (Phi) is 4.36. The molecule has 0 fully saturated rings. The lowest BCUT2D eigenvalue weighted by Gasteiger charge is -2.33. The fourth-order valence-electron chi connectivity index (χ4n) is 3.42. The number of carbonyl (C=O) groups excluding carboxylic acids is 1. The van der Waals surface area contributed by atoms with Crippen LogP contribution in [0.25, 0.3) is 10.2 Å². The molecule has 1 aliphatic rings. The summed E-state index contributed by atoms with van der Waals surface area (Å²) in [5.41, 5.74) is 2.60. The highest BCUT2D eigenvalue weighted by Crippen LogP contribution is 2.33. The van der Waals surface area contributed by atoms with Gasteiger partial charge in [-0.25, -0.2) is 9.97 Å². The van der Waals surface area contributed by atoms with E-state index in [-0.39, 0.29) is 18.6 Å². The minimum atomic E-state index is -0.0382. The molecule has 1 aliphatic carbocycles. The van der Waals surface area contributed by atoms with Gasteiger partial charge in [0.15, 0.2) is 6.61 Å². The number of aromatic nitrogens is 2. The lowest BCUT2D eigenvalue weighted by molar-refractivity contribution is -0.134. The van der Waals surface area contributed by atoms with Crippen LogP contribution in [0.1, 0.15) is 30.0 Å². The van der Waals surface area contributed by atoms with E-state index in [9.17, 15) is 4.79 Å². The number of hydrogen-bond acceptors (Lipinski definition) is 5. The summed E-state index contributed by atoms with van der Waals surface area (Å²) in [6.07, 6.45) is 4.64. The van der Waals surface area contributed by atoms with Crippen molar-refractivity contribution in [1.82, 2.24) is 14.9 Å². The molecule has 1 amide bonds. The van der Waals surface area contributed by atoms with E-state index in [2.05, 4.69) is 28.2 Å². The fourth-order valence-corrected chi connectivity index (χ4v) is 4.14. The van der Waals surface area contributed by atoms with Gasteiger partial charge < -0.3 is 9.64 Å². The quantitative estimate of drug-likeness (QED) is 0.719. The molecule has 0 radical (unpaired) electrons. The number of rotatable bonds is 4. The molecule has 1 atom stereocenters. The maximum atomic E-state index is 12.7. The van der Waals surface area contributed by atoms with E-state index in [1.54, 1.807) is 0 Å². The number of nitrogens with zero attached hydrogens (tertiary/aromatic N) is 3. The van der Waals surface area contributed by atoms with Crippen molar-refractivity contribution in [2.75, 3.05) is 13.7 Å². The third-order valence-electron chi connectivity index (χ3n) is 4.76. The molecule has 6 heteroatoms. The molecule has 1 aromatic carbocycles. The summed E-state index contributed by atoms with van der Waals surface area (Å²) >= 11 is 1.53. The standard InChI is InChI=1S/C19H19N3O2S/c1-22(16-8-4-6-13-5-2-3-7-14(13)16)17(23)11-24-18-15-9-10-25-19(15)21-12-20-18/h2-3,5,7,9-10,12,16H,4,6,8,11H2,1H3. The third kappa shape index (κ3) is 3.09. The predicted octanol–water partition coefficient (Wildman–Crippen LogP) is 3.61. The Morgan fingerprint density at radius 2 is 2.20 bits per heavy atom. The topological polar surface area (TPSA) is 55.3 Å². The lowest BCUT2D eigenvalue weighted by atomic mass is 9.87. The van der Waals surface area contributed by atoms with Crippen LogP contribution in [0.5, 0.6) is 5.88 Å². The van der Waals surface area contributed by atoms with Crippen molar-refractivity contribution in [3.8, 4) is 5.88 Å². The number of amides is 1. The summed E-state index contributed by atoms with van der Waals surface area (Å²) in [6, 6.07) is 10.4. The number of hydrogen-bond donors (Lipinski definition) is 0. The SMILES string of the molecule is CN(C(=O)COc1ncnc2sccc12)C1CCCc2ccccc21. The molecule has 5 nitrogen and oxygen atoms in total. The molecule has 25 heavy (non-hydrogen) atoms. The number of fused-ring (bicyclic) bond motifs is 2. The number of aryl methyl sites for hydroxylation is 1. The van der Waals surface area contributed by atoms with E-state index in [0.717, 1.165) is 29.5 Å². The molecule has 0 aliphatic heterocycles. The molecule has 0 saturated heterocycles. The van der Waals surface area contributed by atoms with E-state index in [1.807, 2.05) is 29.5 Å². The molecular weight excluding hydrogens is 334 g/mol. The maximum absolute atomic E-state index is 12.7. The third-order valence-corrected chi connectivity index (χ3v) is 5.58. The average molecular weight is 353 g/mol. The molecular formula is C19H19N3O2S. The van der Waals surface area contributed by atoms with Crippen molar-refractivity contribution in [2.24, 2.45) is 0 Å². The van der Waals surface area contributed by atoms with Crippen molar-refractivity contribution < 1.29 is 9.53 Å². The van der Waals surface area contributed by atoms with Gasteiger partial charge in [0.05, 0.1) is 11.4 Å². The van der Waals surface area contributed by atoms with E-state index in [1.165, 1.54) is 28.8 Å². The first-order valence-corrected chi connectivity index (χ1v) is 9.26. The number of ether oxygens (including phenoxy) is 1. The Morgan fingerprint density at radius 1 is 1.32 bits per heavy atom. The van der Waals surface area contributed by atoms with Gasteiger partial charge in [-0.15, -0.1) is 11.3 Å². The minimum absolute atomic E-state index is 0.0167. The van der Waals surface area contributed by atoms with Gasteiger partial charge in [0.1, 0.15) is 11.2 Å². The Balaban J connectivity index is 1.47. The summed E-state index contributed by atoms with van der Waals surface area (Å²) in [4.78, 5) is 23.7. The van der Waals surface area contributed by atoms with Crippen LogP contribution in [0.3, 0.4) is 0 Å². The second-order valence-electron chi connectivity index (χ2n) is 6.22. The maximum Gasteiger partial charge on any atom is 0.260 e. The van der Waals surface area contributed by atoms with Crippen molar-refractivity contribution in [3.63, 3.8) is 0 Å². The number of thiophene rings is 1. The van der Waals surface area contributed by atoms with E-state index >= 15 is 0 Å². The largest absolute Gasteiger partial charge is 0.467 e. The van der Waals surface area contributed by atoms with Gasteiger partial charge >= 0.3 is 0 Å². The van der Waals surface area contributed by atoms with Crippen LogP contribution >= 0.6 is 11.3 Å². The normalized spacial score (nSPS) is 16.4. The fraction of sp³-hybridized carbons (Fsp3) is 0.316. The second-order valence-corrected chi connectivity index (χ2v) is 7.11. The van der Waals surface area contributed by atoms with Crippen LogP contribution < -0.4 is 4.74 Å². The van der Waals surface area contributed by atoms with E-state index in [4.69, 9.17) is 4.74 Å². The monoisotopic (exact) mass is 353 g/mol. The van der Waals surface area contributed by atoms with Crippen LogP contribution in [0.15, 0.2) is 42.0 Å². The highest BCUT2D eigenvalue weighted by Gasteiger charge is 2.26. The smallest absolute Gasteiger partial charge is 0.260 e. The van der Waals surface area contributed by atoms with Crippen LogP contribution in [0.4, 0.5) is 0 Å². The summed E-state index contributed by atoms with van der Waals surface area (Å²) in [6.45, 7) is -0.0167. The van der Waals surface area contributed by atoms with Gasteiger partial charge in [-0.1, -0.05) is 24.3 Å². The first-order valence-electron chi connectivity index (χ1n) is 8.38. The van der Waals surface area contributed by atoms with Gasteiger partial charge in [-0.2, -0.15) is 0 Å². The Labute approximate surface area is 150 Å².